The van der Waals surface area contributed by atoms with Gasteiger partial charge in [0, 0.05) is 5.39 Å². The summed E-state index contributed by atoms with van der Waals surface area (Å²) >= 11 is 1.14. The number of Topliss-reactive ketones (excluding diaryl/α,β-unsaturated/α-hetero) is 1. The quantitative estimate of drug-likeness (QED) is 0.474. The van der Waals surface area contributed by atoms with Gasteiger partial charge in [-0.3, -0.25) is 14.5 Å². The van der Waals surface area contributed by atoms with Gasteiger partial charge in [0.25, 0.3) is 5.91 Å². The fourth-order valence-electron chi connectivity index (χ4n) is 3.60. The number of aryl methyl sites for hydroxylation is 1. The van der Waals surface area contributed by atoms with Crippen LogP contribution < -0.4 is 4.90 Å². The third kappa shape index (κ3) is 3.10. The number of carbonyl (C=O) groups is 2. The number of benzene rings is 2. The lowest BCUT2D eigenvalue weighted by Gasteiger charge is -2.23. The monoisotopic (exact) mass is 435 g/mol. The number of fused-ring (bicyclic) bond motifs is 1. The highest BCUT2D eigenvalue weighted by atomic mass is 32.1. The van der Waals surface area contributed by atoms with Gasteiger partial charge < -0.3 is 9.52 Å². The zero-order chi connectivity index (χ0) is 21.7. The van der Waals surface area contributed by atoms with Gasteiger partial charge >= 0.3 is 0 Å². The smallest absolute Gasteiger partial charge is 0.296 e. The second kappa shape index (κ2) is 7.13. The molecule has 1 atom stereocenters. The van der Waals surface area contributed by atoms with Crippen molar-refractivity contribution in [2.24, 2.45) is 0 Å². The highest BCUT2D eigenvalue weighted by Gasteiger charge is 2.46. The Hall–Kier alpha value is -3.85. The Morgan fingerprint density at radius 2 is 1.90 bits per heavy atom. The highest BCUT2D eigenvalue weighted by molar-refractivity contribution is 7.15. The van der Waals surface area contributed by atoms with E-state index in [2.05, 4.69) is 10.2 Å². The first-order valence-electron chi connectivity index (χ1n) is 9.29. The van der Waals surface area contributed by atoms with Crippen LogP contribution in [0.15, 0.2) is 70.3 Å². The summed E-state index contributed by atoms with van der Waals surface area (Å²) in [5.41, 5.74) is 0.778. The summed E-state index contributed by atoms with van der Waals surface area (Å²) < 4.78 is 19.2. The molecule has 0 fully saturated rings. The summed E-state index contributed by atoms with van der Waals surface area (Å²) in [6.07, 6.45) is 0. The Morgan fingerprint density at radius 3 is 2.58 bits per heavy atom. The standard InChI is InChI=1S/C22H14FN3O4S/c1-11-24-25-22(31-11)26-18(12-6-8-14(23)9-7-12)17(20(28)21(26)29)19(27)16-10-13-4-2-3-5-15(13)30-16/h2-10,18,28H,1H3/t18-/m1/s1. The molecular weight excluding hydrogens is 421 g/mol. The molecule has 31 heavy (non-hydrogen) atoms. The number of hydrogen-bond acceptors (Lipinski definition) is 7. The number of carbonyl (C=O) groups excluding carboxylic acids is 2. The summed E-state index contributed by atoms with van der Waals surface area (Å²) in [5, 5.41) is 20.2. The number of rotatable bonds is 4. The molecule has 0 radical (unpaired) electrons. The van der Waals surface area contributed by atoms with Gasteiger partial charge in [-0.25, -0.2) is 4.39 Å². The zero-order valence-corrected chi connectivity index (χ0v) is 16.9. The summed E-state index contributed by atoms with van der Waals surface area (Å²) in [6.45, 7) is 1.72. The summed E-state index contributed by atoms with van der Waals surface area (Å²) in [5.74, 6) is -2.61. The van der Waals surface area contributed by atoms with Crippen LogP contribution in [0.1, 0.15) is 27.2 Å². The van der Waals surface area contributed by atoms with E-state index in [9.17, 15) is 19.1 Å². The fourth-order valence-corrected chi connectivity index (χ4v) is 4.32. The van der Waals surface area contributed by atoms with E-state index >= 15 is 0 Å². The Balaban J connectivity index is 1.66. The second-order valence-electron chi connectivity index (χ2n) is 6.97. The van der Waals surface area contributed by atoms with E-state index in [0.29, 0.717) is 21.5 Å². The molecule has 7 nitrogen and oxygen atoms in total. The van der Waals surface area contributed by atoms with Crippen molar-refractivity contribution in [1.29, 1.82) is 0 Å². The minimum atomic E-state index is -1.01. The molecule has 0 saturated carbocycles. The van der Waals surface area contributed by atoms with Crippen molar-refractivity contribution in [2.75, 3.05) is 4.90 Å². The summed E-state index contributed by atoms with van der Waals surface area (Å²) in [4.78, 5) is 27.6. The van der Waals surface area contributed by atoms with E-state index in [1.54, 1.807) is 31.2 Å². The lowest BCUT2D eigenvalue weighted by Crippen LogP contribution is -2.31. The number of nitrogens with zero attached hydrogens (tertiary/aromatic N) is 3. The number of hydrogen-bond donors (Lipinski definition) is 1. The van der Waals surface area contributed by atoms with Crippen LogP contribution in [0, 0.1) is 12.7 Å². The van der Waals surface area contributed by atoms with E-state index in [1.165, 1.54) is 29.2 Å². The van der Waals surface area contributed by atoms with Gasteiger partial charge in [0.1, 0.15) is 16.4 Å². The SMILES string of the molecule is Cc1nnc(N2C(=O)C(O)=C(C(=O)c3cc4ccccc4o3)[C@H]2c2ccc(F)cc2)s1. The van der Waals surface area contributed by atoms with Crippen LogP contribution in [0.4, 0.5) is 9.52 Å². The Kier molecular flexibility index (Phi) is 4.40. The molecular formula is C22H14FN3O4S. The van der Waals surface area contributed by atoms with Crippen molar-refractivity contribution in [2.45, 2.75) is 13.0 Å². The molecule has 2 aromatic heterocycles. The number of aliphatic hydroxyl groups excluding tert-OH is 1. The van der Waals surface area contributed by atoms with Gasteiger partial charge in [-0.2, -0.15) is 0 Å². The second-order valence-corrected chi connectivity index (χ2v) is 8.13. The maximum atomic E-state index is 13.5. The number of anilines is 1. The first kappa shape index (κ1) is 19.1. The van der Waals surface area contributed by atoms with Gasteiger partial charge in [0.15, 0.2) is 11.5 Å². The molecule has 1 aliphatic heterocycles. The molecule has 0 saturated heterocycles. The Labute approximate surface area is 179 Å². The number of para-hydroxylation sites is 1. The number of aromatic nitrogens is 2. The van der Waals surface area contributed by atoms with Gasteiger partial charge in [-0.05, 0) is 36.8 Å². The van der Waals surface area contributed by atoms with Gasteiger partial charge in [-0.1, -0.05) is 41.7 Å². The number of aliphatic hydroxyl groups is 1. The molecule has 5 rings (SSSR count). The molecule has 9 heteroatoms. The van der Waals surface area contributed by atoms with Gasteiger partial charge in [0.05, 0.1) is 11.6 Å². The molecule has 2 aromatic carbocycles. The van der Waals surface area contributed by atoms with Crippen LogP contribution in [0.25, 0.3) is 11.0 Å². The molecule has 1 aliphatic rings. The maximum absolute atomic E-state index is 13.5. The maximum Gasteiger partial charge on any atom is 0.296 e. The Bertz CT molecular complexity index is 1340. The lowest BCUT2D eigenvalue weighted by atomic mass is 9.95. The zero-order valence-electron chi connectivity index (χ0n) is 16.1. The molecule has 1 amide bonds. The van der Waals surface area contributed by atoms with Crippen LogP contribution >= 0.6 is 11.3 Å². The predicted molar refractivity (Wildman–Crippen MR) is 111 cm³/mol. The normalized spacial score (nSPS) is 16.5. The highest BCUT2D eigenvalue weighted by Crippen LogP contribution is 2.43. The van der Waals surface area contributed by atoms with Crippen molar-refractivity contribution in [3.05, 3.63) is 88.1 Å². The minimum absolute atomic E-state index is 0.0158. The summed E-state index contributed by atoms with van der Waals surface area (Å²) in [7, 11) is 0. The van der Waals surface area contributed by atoms with E-state index in [4.69, 9.17) is 4.42 Å². The number of ketones is 1. The van der Waals surface area contributed by atoms with Crippen molar-refractivity contribution in [3.63, 3.8) is 0 Å². The first-order valence-corrected chi connectivity index (χ1v) is 10.1. The number of furan rings is 1. The average molecular weight is 435 g/mol. The van der Waals surface area contributed by atoms with Crippen LogP contribution in [0.5, 0.6) is 0 Å². The molecule has 154 valence electrons. The molecule has 0 unspecified atom stereocenters. The fraction of sp³-hybridized carbons (Fsp3) is 0.0909. The van der Waals surface area contributed by atoms with E-state index < -0.39 is 29.3 Å². The van der Waals surface area contributed by atoms with Crippen LogP contribution in [-0.4, -0.2) is 27.0 Å². The molecule has 0 bridgehead atoms. The summed E-state index contributed by atoms with van der Waals surface area (Å²) in [6, 6.07) is 13.0. The van der Waals surface area contributed by atoms with Crippen LogP contribution in [0.2, 0.25) is 0 Å². The van der Waals surface area contributed by atoms with Crippen molar-refractivity contribution in [1.82, 2.24) is 10.2 Å². The van der Waals surface area contributed by atoms with E-state index in [-0.39, 0.29) is 16.5 Å². The lowest BCUT2D eigenvalue weighted by molar-refractivity contribution is -0.117. The van der Waals surface area contributed by atoms with Gasteiger partial charge in [0.2, 0.25) is 10.9 Å². The molecule has 4 aromatic rings. The average Bonchev–Trinajstić information content (AvgIpc) is 3.45. The van der Waals surface area contributed by atoms with Crippen LogP contribution in [0.3, 0.4) is 0 Å². The van der Waals surface area contributed by atoms with E-state index in [1.807, 2.05) is 6.07 Å². The number of amides is 1. The molecule has 0 spiro atoms. The Morgan fingerprint density at radius 1 is 1.16 bits per heavy atom. The van der Waals surface area contributed by atoms with Crippen LogP contribution in [-0.2, 0) is 4.79 Å². The largest absolute Gasteiger partial charge is 0.503 e. The van der Waals surface area contributed by atoms with E-state index in [0.717, 1.165) is 11.3 Å². The third-order valence-corrected chi connectivity index (χ3v) is 5.85. The molecule has 3 heterocycles. The molecule has 1 N–H and O–H groups in total. The van der Waals surface area contributed by atoms with Crippen molar-refractivity contribution < 1.29 is 23.5 Å². The molecule has 0 aliphatic carbocycles. The third-order valence-electron chi connectivity index (χ3n) is 5.01. The topological polar surface area (TPSA) is 96.5 Å². The van der Waals surface area contributed by atoms with Crippen molar-refractivity contribution >= 4 is 39.1 Å². The first-order chi connectivity index (χ1) is 14.9. The number of halogens is 1. The van der Waals surface area contributed by atoms with Crippen molar-refractivity contribution in [3.8, 4) is 0 Å². The van der Waals surface area contributed by atoms with Gasteiger partial charge in [-0.15, -0.1) is 10.2 Å². The predicted octanol–water partition coefficient (Wildman–Crippen LogP) is 4.51. The minimum Gasteiger partial charge on any atom is -0.503 e.